The average molecular weight is 223 g/mol. The second-order valence-electron chi connectivity index (χ2n) is 4.38. The zero-order valence-corrected chi connectivity index (χ0v) is 9.69. The largest absolute Gasteiger partial charge is 0.464 e. The first kappa shape index (κ1) is 11.1. The van der Waals surface area contributed by atoms with Gasteiger partial charge in [0.15, 0.2) is 5.69 Å². The summed E-state index contributed by atoms with van der Waals surface area (Å²) in [7, 11) is 1.36. The summed E-state index contributed by atoms with van der Waals surface area (Å²) < 4.78 is 4.69. The van der Waals surface area contributed by atoms with Gasteiger partial charge in [-0.1, -0.05) is 19.8 Å². The first-order valence-corrected chi connectivity index (χ1v) is 5.73. The average Bonchev–Trinajstić information content (AvgIpc) is 2.97. The second kappa shape index (κ2) is 4.63. The molecule has 0 radical (unpaired) electrons. The smallest absolute Gasteiger partial charge is 0.360 e. The van der Waals surface area contributed by atoms with Gasteiger partial charge in [-0.15, -0.1) is 5.10 Å². The van der Waals surface area contributed by atoms with Crippen LogP contribution < -0.4 is 0 Å². The van der Waals surface area contributed by atoms with Gasteiger partial charge in [0.1, 0.15) is 5.69 Å². The number of carbonyl (C=O) groups is 1. The molecule has 0 aromatic carbocycles. The van der Waals surface area contributed by atoms with Crippen LogP contribution in [0.3, 0.4) is 0 Å². The third kappa shape index (κ3) is 1.94. The van der Waals surface area contributed by atoms with Crippen molar-refractivity contribution >= 4 is 5.97 Å². The van der Waals surface area contributed by atoms with Crippen LogP contribution in [0.4, 0.5) is 0 Å². The van der Waals surface area contributed by atoms with E-state index < -0.39 is 5.97 Å². The van der Waals surface area contributed by atoms with Crippen LogP contribution >= 0.6 is 0 Å². The maximum atomic E-state index is 11.5. The fraction of sp³-hybridized carbons (Fsp3) is 0.727. The molecule has 0 saturated heterocycles. The topological polar surface area (TPSA) is 67.9 Å². The fourth-order valence-corrected chi connectivity index (χ4v) is 2.48. The molecule has 1 saturated carbocycles. The number of aromatic nitrogens is 3. The number of ether oxygens (including phenoxy) is 1. The monoisotopic (exact) mass is 223 g/mol. The molecule has 1 heterocycles. The van der Waals surface area contributed by atoms with Crippen LogP contribution in [0.1, 0.15) is 54.7 Å². The van der Waals surface area contributed by atoms with E-state index in [9.17, 15) is 4.79 Å². The molecule has 0 aliphatic heterocycles. The molecule has 88 valence electrons. The number of carbonyl (C=O) groups excluding carboxylic acids is 1. The molecule has 1 atom stereocenters. The lowest BCUT2D eigenvalue weighted by molar-refractivity contribution is 0.0591. The highest BCUT2D eigenvalue weighted by molar-refractivity contribution is 5.88. The normalized spacial score (nSPS) is 18.6. The van der Waals surface area contributed by atoms with Crippen LogP contribution in [-0.2, 0) is 4.74 Å². The van der Waals surface area contributed by atoms with E-state index >= 15 is 0 Å². The Morgan fingerprint density at radius 1 is 1.44 bits per heavy atom. The highest BCUT2D eigenvalue weighted by Gasteiger charge is 2.29. The van der Waals surface area contributed by atoms with Crippen LogP contribution in [0.15, 0.2) is 0 Å². The Bertz CT molecular complexity index is 369. The Labute approximate surface area is 94.6 Å². The number of nitrogens with one attached hydrogen (secondary N) is 1. The minimum Gasteiger partial charge on any atom is -0.464 e. The van der Waals surface area contributed by atoms with Crippen molar-refractivity contribution < 1.29 is 9.53 Å². The number of hydrogen-bond donors (Lipinski definition) is 1. The van der Waals surface area contributed by atoms with Crippen molar-refractivity contribution in [1.82, 2.24) is 15.4 Å². The Kier molecular flexibility index (Phi) is 3.22. The Morgan fingerprint density at radius 2 is 2.12 bits per heavy atom. The van der Waals surface area contributed by atoms with E-state index in [1.165, 1.54) is 32.8 Å². The number of hydrogen-bond acceptors (Lipinski definition) is 4. The first-order valence-electron chi connectivity index (χ1n) is 5.73. The molecule has 5 heteroatoms. The van der Waals surface area contributed by atoms with Crippen molar-refractivity contribution in [3.05, 3.63) is 11.4 Å². The maximum Gasteiger partial charge on any atom is 0.360 e. The minimum absolute atomic E-state index is 0.273. The Hall–Kier alpha value is -1.39. The zero-order valence-electron chi connectivity index (χ0n) is 9.69. The van der Waals surface area contributed by atoms with Gasteiger partial charge in [0, 0.05) is 5.92 Å². The van der Waals surface area contributed by atoms with Gasteiger partial charge < -0.3 is 4.74 Å². The first-order chi connectivity index (χ1) is 7.74. The van der Waals surface area contributed by atoms with Crippen LogP contribution in [0.2, 0.25) is 0 Å². The molecule has 1 N–H and O–H groups in total. The zero-order chi connectivity index (χ0) is 11.5. The number of nitrogens with zero attached hydrogens (tertiary/aromatic N) is 2. The number of aromatic amines is 1. The molecule has 16 heavy (non-hydrogen) atoms. The van der Waals surface area contributed by atoms with E-state index in [4.69, 9.17) is 0 Å². The summed E-state index contributed by atoms with van der Waals surface area (Å²) in [5.41, 5.74) is 1.08. The molecule has 1 aromatic heterocycles. The third-order valence-electron chi connectivity index (χ3n) is 3.49. The fourth-order valence-electron chi connectivity index (χ4n) is 2.48. The highest BCUT2D eigenvalue weighted by atomic mass is 16.5. The van der Waals surface area contributed by atoms with Gasteiger partial charge in [-0.05, 0) is 18.8 Å². The molecule has 0 spiro atoms. The van der Waals surface area contributed by atoms with E-state index in [1.54, 1.807) is 0 Å². The molecule has 5 nitrogen and oxygen atoms in total. The van der Waals surface area contributed by atoms with Gasteiger partial charge in [-0.25, -0.2) is 4.79 Å². The Morgan fingerprint density at radius 3 is 2.75 bits per heavy atom. The third-order valence-corrected chi connectivity index (χ3v) is 3.49. The van der Waals surface area contributed by atoms with Crippen molar-refractivity contribution in [1.29, 1.82) is 0 Å². The van der Waals surface area contributed by atoms with Crippen LogP contribution in [0.5, 0.6) is 0 Å². The molecule has 1 aliphatic rings. The molecular weight excluding hydrogens is 206 g/mol. The lowest BCUT2D eigenvalue weighted by Crippen LogP contribution is -2.12. The van der Waals surface area contributed by atoms with E-state index in [0.717, 1.165) is 5.69 Å². The van der Waals surface area contributed by atoms with Crippen LogP contribution in [0, 0.1) is 5.92 Å². The van der Waals surface area contributed by atoms with Crippen molar-refractivity contribution in [3.8, 4) is 0 Å². The summed E-state index contributed by atoms with van der Waals surface area (Å²) in [5, 5.41) is 10.5. The predicted octanol–water partition coefficient (Wildman–Crippen LogP) is 1.89. The molecule has 1 aliphatic carbocycles. The van der Waals surface area contributed by atoms with E-state index in [1.807, 2.05) is 0 Å². The van der Waals surface area contributed by atoms with Crippen molar-refractivity contribution in [2.24, 2.45) is 5.92 Å². The number of esters is 1. The number of H-pyrrole nitrogens is 1. The summed E-state index contributed by atoms with van der Waals surface area (Å²) in [6.45, 7) is 2.11. The van der Waals surface area contributed by atoms with E-state index in [0.29, 0.717) is 11.6 Å². The predicted molar refractivity (Wildman–Crippen MR) is 58.1 cm³/mol. The molecule has 1 aromatic rings. The Balaban J connectivity index is 2.19. The van der Waals surface area contributed by atoms with Gasteiger partial charge in [0.25, 0.3) is 0 Å². The van der Waals surface area contributed by atoms with Gasteiger partial charge in [-0.2, -0.15) is 10.3 Å². The second-order valence-corrected chi connectivity index (χ2v) is 4.38. The summed E-state index contributed by atoms with van der Waals surface area (Å²) in [6, 6.07) is 0. The SMILES string of the molecule is COC(=O)c1n[nH]nc1C(C)C1CCCC1. The van der Waals surface area contributed by atoms with Gasteiger partial charge in [0.2, 0.25) is 0 Å². The van der Waals surface area contributed by atoms with Crippen molar-refractivity contribution in [2.75, 3.05) is 7.11 Å². The maximum absolute atomic E-state index is 11.5. The van der Waals surface area contributed by atoms with Gasteiger partial charge >= 0.3 is 5.97 Å². The lowest BCUT2D eigenvalue weighted by Gasteiger charge is -2.16. The minimum atomic E-state index is -0.409. The number of rotatable bonds is 3. The quantitative estimate of drug-likeness (QED) is 0.794. The van der Waals surface area contributed by atoms with Crippen LogP contribution in [-0.4, -0.2) is 28.5 Å². The molecule has 0 bridgehead atoms. The number of methoxy groups -OCH3 is 1. The molecular formula is C11H17N3O2. The van der Waals surface area contributed by atoms with Gasteiger partial charge in [-0.3, -0.25) is 0 Å². The van der Waals surface area contributed by atoms with E-state index in [2.05, 4.69) is 27.1 Å². The van der Waals surface area contributed by atoms with Crippen molar-refractivity contribution in [3.63, 3.8) is 0 Å². The molecule has 1 unspecified atom stereocenters. The summed E-state index contributed by atoms with van der Waals surface area (Å²) in [6.07, 6.45) is 4.99. The van der Waals surface area contributed by atoms with E-state index in [-0.39, 0.29) is 5.92 Å². The molecule has 2 rings (SSSR count). The van der Waals surface area contributed by atoms with Crippen molar-refractivity contribution in [2.45, 2.75) is 38.5 Å². The summed E-state index contributed by atoms with van der Waals surface area (Å²) >= 11 is 0. The summed E-state index contributed by atoms with van der Waals surface area (Å²) in [5.74, 6) is 0.484. The molecule has 1 fully saturated rings. The van der Waals surface area contributed by atoms with Gasteiger partial charge in [0.05, 0.1) is 7.11 Å². The summed E-state index contributed by atoms with van der Waals surface area (Å²) in [4.78, 5) is 11.5. The molecule has 0 amide bonds. The highest BCUT2D eigenvalue weighted by Crippen LogP contribution is 2.36. The van der Waals surface area contributed by atoms with Crippen LogP contribution in [0.25, 0.3) is 0 Å². The lowest BCUT2D eigenvalue weighted by atomic mass is 9.89. The standard InChI is InChI=1S/C11H17N3O2/c1-7(8-5-3-4-6-8)9-10(11(15)16-2)13-14-12-9/h7-8H,3-6H2,1-2H3,(H,12,13,14).